The fourth-order valence-electron chi connectivity index (χ4n) is 9.09. The fourth-order valence-corrected chi connectivity index (χ4v) is 9.09. The van der Waals surface area contributed by atoms with Crippen LogP contribution in [-0.2, 0) is 31.9 Å². The molecule has 394 valence electrons. The number of nitrogens with one attached hydrogen (secondary N) is 3. The van der Waals surface area contributed by atoms with E-state index in [1.807, 2.05) is 19.9 Å². The topological polar surface area (TPSA) is 224 Å². The molecule has 1 saturated carbocycles. The van der Waals surface area contributed by atoms with Crippen LogP contribution in [0.4, 0.5) is 82.2 Å². The maximum Gasteiger partial charge on any atom is 0.416 e. The van der Waals surface area contributed by atoms with Crippen molar-refractivity contribution in [3.8, 4) is 0 Å². The highest BCUT2D eigenvalue weighted by Crippen LogP contribution is 2.47. The monoisotopic (exact) mass is 1050 g/mol. The first-order valence-corrected chi connectivity index (χ1v) is 23.7. The number of carbonyl (C=O) groups excluding carboxylic acids is 4. The van der Waals surface area contributed by atoms with E-state index in [9.17, 15) is 40.7 Å². The standard InChI is InChI=1S/C52H50F6N14O4/c1-27(2)16-42(69(5)60)65-48-62-24-34-26-70(39-21-37(14-12-28(39)3)63-45(73)30-8-6-10-35(18-30)51(53,54)55)50(76)72(44(34)67-48)41-20-32(41)17-29-13-15-38(64-46(74)31-9-7-11-36(19-31)52(56,57)58)22-40(29)71-25-33-23-61-47(59)66-43(33)68(4)49(71)75/h6-16,18-19,21-24,27,32,41H,17,20,25-26,60H2,1-5H3,(H,63,73)(H,64,74)(H2,59,61,66)(H,62,65,67)/b42-16-. The number of urea groups is 2. The van der Waals surface area contributed by atoms with Gasteiger partial charge in [-0.15, -0.1) is 0 Å². The molecule has 1 fully saturated rings. The molecule has 2 aliphatic heterocycles. The zero-order valence-electron chi connectivity index (χ0n) is 41.5. The number of nitrogens with two attached hydrogens (primary N) is 2. The summed E-state index contributed by atoms with van der Waals surface area (Å²) in [5.74, 6) is 5.53. The Labute approximate surface area is 431 Å². The third kappa shape index (κ3) is 10.9. The minimum atomic E-state index is -4.69. The zero-order chi connectivity index (χ0) is 54.5. The van der Waals surface area contributed by atoms with Crippen molar-refractivity contribution >= 4 is 70.2 Å². The van der Waals surface area contributed by atoms with E-state index in [0.29, 0.717) is 51.7 Å². The summed E-state index contributed by atoms with van der Waals surface area (Å²) in [4.78, 5) is 80.0. The predicted molar refractivity (Wildman–Crippen MR) is 273 cm³/mol. The minimum absolute atomic E-state index is 0.0149. The van der Waals surface area contributed by atoms with E-state index in [0.717, 1.165) is 36.4 Å². The summed E-state index contributed by atoms with van der Waals surface area (Å²) in [5, 5.41) is 9.87. The van der Waals surface area contributed by atoms with Gasteiger partial charge in [-0.3, -0.25) is 34.2 Å². The Morgan fingerprint density at radius 2 is 1.33 bits per heavy atom. The quantitative estimate of drug-likeness (QED) is 0.0414. The number of allylic oxidation sites excluding steroid dienone is 1. The second-order valence-corrected chi connectivity index (χ2v) is 19.0. The molecule has 0 bridgehead atoms. The van der Waals surface area contributed by atoms with Gasteiger partial charge in [0, 0.05) is 66.2 Å². The second-order valence-electron chi connectivity index (χ2n) is 19.0. The van der Waals surface area contributed by atoms with Crippen LogP contribution in [0.3, 0.4) is 0 Å². The number of fused-ring (bicyclic) bond motifs is 2. The Morgan fingerprint density at radius 3 is 1.92 bits per heavy atom. The molecule has 2 unspecified atom stereocenters. The molecule has 6 amide bonds. The van der Waals surface area contributed by atoms with E-state index >= 15 is 4.79 Å². The van der Waals surface area contributed by atoms with E-state index in [-0.39, 0.29) is 71.6 Å². The third-order valence-electron chi connectivity index (χ3n) is 13.0. The van der Waals surface area contributed by atoms with Crippen molar-refractivity contribution < 1.29 is 45.5 Å². The molecule has 0 spiro atoms. The molecule has 18 nitrogen and oxygen atoms in total. The number of aryl methyl sites for hydroxylation is 1. The van der Waals surface area contributed by atoms with E-state index in [1.54, 1.807) is 61.5 Å². The van der Waals surface area contributed by atoms with Crippen LogP contribution in [0.1, 0.15) is 74.4 Å². The number of aromatic nitrogens is 4. The lowest BCUT2D eigenvalue weighted by Gasteiger charge is -2.37. The Morgan fingerprint density at radius 1 is 0.763 bits per heavy atom. The molecule has 3 aliphatic rings. The number of hydrogen-bond donors (Lipinski definition) is 5. The van der Waals surface area contributed by atoms with E-state index in [2.05, 4.69) is 30.9 Å². The highest BCUT2D eigenvalue weighted by Gasteiger charge is 2.50. The van der Waals surface area contributed by atoms with Crippen LogP contribution in [0.25, 0.3) is 0 Å². The number of halogens is 6. The molecule has 24 heteroatoms. The summed E-state index contributed by atoms with van der Waals surface area (Å²) in [6.45, 7) is 5.66. The van der Waals surface area contributed by atoms with Crippen LogP contribution >= 0.6 is 0 Å². The average molecular weight is 1050 g/mol. The van der Waals surface area contributed by atoms with Gasteiger partial charge in [0.2, 0.25) is 11.9 Å². The molecular formula is C52H50F6N14O4. The molecule has 2 aromatic heterocycles. The van der Waals surface area contributed by atoms with Crippen LogP contribution in [0.5, 0.6) is 0 Å². The van der Waals surface area contributed by atoms with Crippen molar-refractivity contribution in [2.75, 3.05) is 55.4 Å². The van der Waals surface area contributed by atoms with Gasteiger partial charge in [-0.05, 0) is 109 Å². The number of nitrogens with zero attached hydrogens (tertiary/aromatic N) is 9. The van der Waals surface area contributed by atoms with Gasteiger partial charge >= 0.3 is 24.4 Å². The van der Waals surface area contributed by atoms with Gasteiger partial charge in [0.05, 0.1) is 35.6 Å². The fraction of sp³-hybridized carbons (Fsp3) is 0.269. The van der Waals surface area contributed by atoms with Gasteiger partial charge in [-0.25, -0.2) is 25.4 Å². The van der Waals surface area contributed by atoms with Crippen LogP contribution in [0.2, 0.25) is 0 Å². The molecule has 1 aliphatic carbocycles. The van der Waals surface area contributed by atoms with Crippen molar-refractivity contribution in [2.45, 2.75) is 65.1 Å². The van der Waals surface area contributed by atoms with Crippen LogP contribution in [0, 0.1) is 18.8 Å². The number of rotatable bonds is 13. The number of anilines is 8. The SMILES string of the molecule is Cc1ccc(NC(=O)c2cccc(C(F)(F)F)c2)cc1N1Cc2cnc(N/C(=C/C(C)C)N(C)N)nc2N(C2CC2Cc2ccc(NC(=O)c3cccc(C(F)(F)F)c3)cc2N2Cc3cnc(N)nc3N(C)C2=O)C1=O. The van der Waals surface area contributed by atoms with Crippen molar-refractivity contribution in [3.05, 3.63) is 154 Å². The molecule has 9 rings (SSSR count). The van der Waals surface area contributed by atoms with E-state index < -0.39 is 53.4 Å². The lowest BCUT2D eigenvalue weighted by atomic mass is 10.0. The summed E-state index contributed by atoms with van der Waals surface area (Å²) >= 11 is 0. The van der Waals surface area contributed by atoms with E-state index in [4.69, 9.17) is 16.6 Å². The Bertz CT molecular complexity index is 3330. The van der Waals surface area contributed by atoms with Crippen molar-refractivity contribution in [3.63, 3.8) is 0 Å². The van der Waals surface area contributed by atoms with Crippen molar-refractivity contribution in [1.29, 1.82) is 0 Å². The number of hydrazine groups is 1. The van der Waals surface area contributed by atoms with Gasteiger partial charge in [-0.1, -0.05) is 38.1 Å². The first-order chi connectivity index (χ1) is 35.9. The van der Waals surface area contributed by atoms with Crippen LogP contribution in [-0.4, -0.2) is 69.0 Å². The summed E-state index contributed by atoms with van der Waals surface area (Å²) < 4.78 is 81.5. The van der Waals surface area contributed by atoms with Gasteiger partial charge < -0.3 is 21.7 Å². The lowest BCUT2D eigenvalue weighted by Crippen LogP contribution is -2.50. The number of hydrogen-bond acceptors (Lipinski definition) is 12. The van der Waals surface area contributed by atoms with Crippen LogP contribution in [0.15, 0.2) is 109 Å². The molecule has 0 radical (unpaired) electrons. The normalized spacial score (nSPS) is 16.6. The summed E-state index contributed by atoms with van der Waals surface area (Å²) in [6, 6.07) is 16.1. The number of nitrogen functional groups attached to an aromatic ring is 1. The maximum atomic E-state index is 15.2. The first kappa shape index (κ1) is 52.1. The molecule has 4 aromatic carbocycles. The smallest absolute Gasteiger partial charge is 0.368 e. The summed E-state index contributed by atoms with van der Waals surface area (Å²) in [5.41, 5.74) is 6.88. The second kappa shape index (κ2) is 20.1. The Hall–Kier alpha value is -8.80. The molecule has 7 N–H and O–H groups in total. The van der Waals surface area contributed by atoms with Gasteiger partial charge in [0.25, 0.3) is 11.8 Å². The minimum Gasteiger partial charge on any atom is -0.368 e. The van der Waals surface area contributed by atoms with Gasteiger partial charge in [0.15, 0.2) is 0 Å². The molecular weight excluding hydrogens is 999 g/mol. The third-order valence-corrected chi connectivity index (χ3v) is 13.0. The maximum absolute atomic E-state index is 15.2. The lowest BCUT2D eigenvalue weighted by molar-refractivity contribution is -0.138. The number of benzene rings is 4. The van der Waals surface area contributed by atoms with Gasteiger partial charge in [0.1, 0.15) is 17.5 Å². The molecule has 2 atom stereocenters. The Kier molecular flexibility index (Phi) is 13.8. The summed E-state index contributed by atoms with van der Waals surface area (Å²) in [7, 11) is 3.16. The largest absolute Gasteiger partial charge is 0.416 e. The summed E-state index contributed by atoms with van der Waals surface area (Å²) in [6.07, 6.45) is -3.70. The van der Waals surface area contributed by atoms with Crippen molar-refractivity contribution in [1.82, 2.24) is 24.9 Å². The molecule has 0 saturated heterocycles. The first-order valence-electron chi connectivity index (χ1n) is 23.7. The zero-order valence-corrected chi connectivity index (χ0v) is 41.5. The highest BCUT2D eigenvalue weighted by molar-refractivity contribution is 6.09. The number of carbonyl (C=O) groups is 4. The highest BCUT2D eigenvalue weighted by atomic mass is 19.4. The predicted octanol–water partition coefficient (Wildman–Crippen LogP) is 9.57. The Balaban J connectivity index is 1.06. The molecule has 4 heterocycles. The molecule has 76 heavy (non-hydrogen) atoms. The van der Waals surface area contributed by atoms with Gasteiger partial charge in [-0.2, -0.15) is 36.3 Å². The molecule has 6 aromatic rings. The van der Waals surface area contributed by atoms with Crippen LogP contribution < -0.4 is 47.1 Å². The number of amides is 6. The average Bonchev–Trinajstić information content (AvgIpc) is 4.16. The number of alkyl halides is 6. The van der Waals surface area contributed by atoms with Crippen molar-refractivity contribution in [2.24, 2.45) is 17.7 Å². The van der Waals surface area contributed by atoms with E-state index in [1.165, 1.54) is 45.1 Å².